The molecule has 6 heteroatoms. The second kappa shape index (κ2) is 4.66. The van der Waals surface area contributed by atoms with Gasteiger partial charge in [-0.05, 0) is 32.0 Å². The van der Waals surface area contributed by atoms with E-state index in [-0.39, 0.29) is 0 Å². The molecule has 0 aliphatic heterocycles. The topological polar surface area (TPSA) is 94.0 Å². The average molecular weight is 262 g/mol. The fourth-order valence-corrected chi connectivity index (χ4v) is 2.29. The zero-order chi connectivity index (χ0) is 13.3. The maximum atomic E-state index is 11.1. The first-order valence-corrected chi connectivity index (χ1v) is 6.19. The van der Waals surface area contributed by atoms with Crippen LogP contribution in [0, 0.1) is 13.8 Å². The third kappa shape index (κ3) is 2.43. The molecule has 0 saturated heterocycles. The summed E-state index contributed by atoms with van der Waals surface area (Å²) in [6, 6.07) is 4.88. The summed E-state index contributed by atoms with van der Waals surface area (Å²) in [5.41, 5.74) is 13.7. The second-order valence-electron chi connectivity index (χ2n) is 3.95. The number of benzene rings is 1. The van der Waals surface area contributed by atoms with E-state index in [1.165, 1.54) is 11.3 Å². The van der Waals surface area contributed by atoms with Crippen LogP contribution in [-0.4, -0.2) is 10.9 Å². The van der Waals surface area contributed by atoms with Crippen LogP contribution in [0.4, 0.5) is 16.5 Å². The predicted molar refractivity (Wildman–Crippen MR) is 74.2 cm³/mol. The molecule has 94 valence electrons. The molecule has 0 aliphatic rings. The summed E-state index contributed by atoms with van der Waals surface area (Å²) in [6.07, 6.45) is 0. The summed E-state index contributed by atoms with van der Waals surface area (Å²) >= 11 is 1.54. The van der Waals surface area contributed by atoms with Crippen molar-refractivity contribution in [3.8, 4) is 0 Å². The van der Waals surface area contributed by atoms with Gasteiger partial charge in [0.15, 0.2) is 5.13 Å². The zero-order valence-electron chi connectivity index (χ0n) is 10.2. The molecule has 0 bridgehead atoms. The number of nitrogens with two attached hydrogens (primary N) is 2. The number of nitrogens with zero attached hydrogens (tertiary/aromatic N) is 1. The number of amides is 1. The molecular weight excluding hydrogens is 248 g/mol. The van der Waals surface area contributed by atoms with Crippen LogP contribution in [0.3, 0.4) is 0 Å². The minimum absolute atomic E-state index is 0.414. The lowest BCUT2D eigenvalue weighted by Crippen LogP contribution is -2.11. The average Bonchev–Trinajstić information content (AvgIpc) is 2.61. The first kappa shape index (κ1) is 12.4. The van der Waals surface area contributed by atoms with Crippen molar-refractivity contribution in [1.29, 1.82) is 0 Å². The van der Waals surface area contributed by atoms with E-state index in [4.69, 9.17) is 11.5 Å². The molecule has 5 nitrogen and oxygen atoms in total. The Morgan fingerprint density at radius 3 is 2.67 bits per heavy atom. The molecule has 0 radical (unpaired) electrons. The highest BCUT2D eigenvalue weighted by molar-refractivity contribution is 7.15. The molecule has 1 aromatic carbocycles. The molecule has 0 fully saturated rings. The van der Waals surface area contributed by atoms with Gasteiger partial charge < -0.3 is 16.8 Å². The van der Waals surface area contributed by atoms with Crippen molar-refractivity contribution in [3.63, 3.8) is 0 Å². The third-order valence-corrected chi connectivity index (χ3v) is 3.60. The van der Waals surface area contributed by atoms with Crippen LogP contribution in [0.5, 0.6) is 0 Å². The fourth-order valence-electron chi connectivity index (χ4n) is 1.46. The Kier molecular flexibility index (Phi) is 3.20. The highest BCUT2D eigenvalue weighted by Crippen LogP contribution is 2.28. The highest BCUT2D eigenvalue weighted by atomic mass is 32.1. The molecule has 1 aromatic heterocycles. The molecule has 18 heavy (non-hydrogen) atoms. The minimum atomic E-state index is -0.482. The van der Waals surface area contributed by atoms with E-state index in [9.17, 15) is 4.79 Å². The molecule has 2 aromatic rings. The van der Waals surface area contributed by atoms with E-state index < -0.39 is 5.91 Å². The first-order valence-electron chi connectivity index (χ1n) is 5.37. The van der Waals surface area contributed by atoms with Gasteiger partial charge in [0.2, 0.25) is 5.91 Å². The van der Waals surface area contributed by atoms with Gasteiger partial charge in [0, 0.05) is 10.4 Å². The molecule has 5 N–H and O–H groups in total. The molecule has 1 heterocycles. The molecular formula is C12H14N4OS. The van der Waals surface area contributed by atoms with Crippen LogP contribution in [0.15, 0.2) is 18.2 Å². The SMILES string of the molecule is Cc1nc(Nc2cc(C(N)=O)ccc2N)sc1C. The maximum absolute atomic E-state index is 11.1. The number of primary amides is 1. The lowest BCUT2D eigenvalue weighted by Gasteiger charge is -2.07. The number of hydrogen-bond donors (Lipinski definition) is 3. The maximum Gasteiger partial charge on any atom is 0.248 e. The van der Waals surface area contributed by atoms with Crippen LogP contribution in [0.1, 0.15) is 20.9 Å². The Labute approximate surface area is 109 Å². The quantitative estimate of drug-likeness (QED) is 0.739. The molecule has 0 saturated carbocycles. The minimum Gasteiger partial charge on any atom is -0.397 e. The van der Waals surface area contributed by atoms with Crippen molar-refractivity contribution in [1.82, 2.24) is 4.98 Å². The van der Waals surface area contributed by atoms with Crippen LogP contribution < -0.4 is 16.8 Å². The van der Waals surface area contributed by atoms with E-state index in [0.717, 1.165) is 15.7 Å². The Bertz CT molecular complexity index is 587. The number of aromatic nitrogens is 1. The molecule has 0 aliphatic carbocycles. The standard InChI is InChI=1S/C12H14N4OS/c1-6-7(2)18-12(15-6)16-10-5-8(11(14)17)3-4-9(10)13/h3-5H,13H2,1-2H3,(H2,14,17)(H,15,16). The van der Waals surface area contributed by atoms with Crippen molar-refractivity contribution in [2.24, 2.45) is 5.73 Å². The number of rotatable bonds is 3. The Hall–Kier alpha value is -2.08. The van der Waals surface area contributed by atoms with Crippen molar-refractivity contribution in [3.05, 3.63) is 34.3 Å². The highest BCUT2D eigenvalue weighted by Gasteiger charge is 2.08. The molecule has 0 atom stereocenters. The molecule has 2 rings (SSSR count). The van der Waals surface area contributed by atoms with Gasteiger partial charge in [-0.15, -0.1) is 11.3 Å². The Morgan fingerprint density at radius 2 is 2.11 bits per heavy atom. The van der Waals surface area contributed by atoms with Crippen LogP contribution in [0.25, 0.3) is 0 Å². The lowest BCUT2D eigenvalue weighted by atomic mass is 10.1. The van der Waals surface area contributed by atoms with Crippen LogP contribution >= 0.6 is 11.3 Å². The largest absolute Gasteiger partial charge is 0.397 e. The summed E-state index contributed by atoms with van der Waals surface area (Å²) in [4.78, 5) is 16.6. The van der Waals surface area contributed by atoms with E-state index in [0.29, 0.717) is 16.9 Å². The summed E-state index contributed by atoms with van der Waals surface area (Å²) in [5.74, 6) is -0.482. The van der Waals surface area contributed by atoms with Crippen molar-refractivity contribution in [2.75, 3.05) is 11.1 Å². The summed E-state index contributed by atoms with van der Waals surface area (Å²) in [5, 5.41) is 3.85. The van der Waals surface area contributed by atoms with Gasteiger partial charge in [-0.1, -0.05) is 0 Å². The van der Waals surface area contributed by atoms with Gasteiger partial charge in [-0.3, -0.25) is 4.79 Å². The monoisotopic (exact) mass is 262 g/mol. The number of hydrogen-bond acceptors (Lipinski definition) is 5. The van der Waals surface area contributed by atoms with Gasteiger partial charge in [0.1, 0.15) is 0 Å². The van der Waals surface area contributed by atoms with E-state index in [2.05, 4.69) is 10.3 Å². The smallest absolute Gasteiger partial charge is 0.248 e. The van der Waals surface area contributed by atoms with Gasteiger partial charge in [0.25, 0.3) is 0 Å². The van der Waals surface area contributed by atoms with Gasteiger partial charge in [0.05, 0.1) is 17.1 Å². The van der Waals surface area contributed by atoms with Gasteiger partial charge in [-0.2, -0.15) is 0 Å². The number of aryl methyl sites for hydroxylation is 2. The number of carbonyl (C=O) groups is 1. The van der Waals surface area contributed by atoms with Gasteiger partial charge >= 0.3 is 0 Å². The number of carbonyl (C=O) groups excluding carboxylic acids is 1. The van der Waals surface area contributed by atoms with Gasteiger partial charge in [-0.25, -0.2) is 4.98 Å². The normalized spacial score (nSPS) is 10.3. The summed E-state index contributed by atoms with van der Waals surface area (Å²) in [7, 11) is 0. The van der Waals surface area contributed by atoms with Crippen LogP contribution in [-0.2, 0) is 0 Å². The van der Waals surface area contributed by atoms with E-state index in [1.807, 2.05) is 13.8 Å². The summed E-state index contributed by atoms with van der Waals surface area (Å²) < 4.78 is 0. The number of nitrogen functional groups attached to an aromatic ring is 1. The first-order chi connectivity index (χ1) is 8.47. The van der Waals surface area contributed by atoms with Crippen molar-refractivity contribution < 1.29 is 4.79 Å². The molecule has 0 spiro atoms. The fraction of sp³-hybridized carbons (Fsp3) is 0.167. The molecule has 0 unspecified atom stereocenters. The van der Waals surface area contributed by atoms with E-state index >= 15 is 0 Å². The van der Waals surface area contributed by atoms with E-state index in [1.54, 1.807) is 18.2 Å². The number of thiazole rings is 1. The zero-order valence-corrected chi connectivity index (χ0v) is 11.0. The van der Waals surface area contributed by atoms with Crippen LogP contribution in [0.2, 0.25) is 0 Å². The summed E-state index contributed by atoms with van der Waals surface area (Å²) in [6.45, 7) is 3.95. The second-order valence-corrected chi connectivity index (χ2v) is 5.16. The predicted octanol–water partition coefficient (Wildman–Crippen LogP) is 2.18. The van der Waals surface area contributed by atoms with Crippen molar-refractivity contribution >= 4 is 33.8 Å². The van der Waals surface area contributed by atoms with Crippen molar-refractivity contribution in [2.45, 2.75) is 13.8 Å². The number of anilines is 3. The number of nitrogens with one attached hydrogen (secondary N) is 1. The molecule has 1 amide bonds. The Morgan fingerprint density at radius 1 is 1.39 bits per heavy atom. The lowest BCUT2D eigenvalue weighted by molar-refractivity contribution is 0.100. The Balaban J connectivity index is 2.33. The third-order valence-electron chi connectivity index (χ3n) is 2.61.